The maximum Gasteiger partial charge on any atom is 0.161 e. The summed E-state index contributed by atoms with van der Waals surface area (Å²) in [6.07, 6.45) is 2.23. The number of hydrogen-bond donors (Lipinski definition) is 1. The standard InChI is InChI=1S/C20H23NO2/c1-2-14-3-5-15(6-4-14)18-11-17(13-21-18)16-7-8-19-20(12-16)23-10-9-22-19/h3-8,12,17-18,21H,2,9-11,13H2,1H3. The molecule has 3 nitrogen and oxygen atoms in total. The van der Waals surface area contributed by atoms with Crippen LogP contribution in [0.3, 0.4) is 0 Å². The zero-order valence-electron chi connectivity index (χ0n) is 13.5. The van der Waals surface area contributed by atoms with E-state index in [1.807, 2.05) is 6.07 Å². The summed E-state index contributed by atoms with van der Waals surface area (Å²) in [4.78, 5) is 0. The monoisotopic (exact) mass is 309 g/mol. The Morgan fingerprint density at radius 2 is 1.70 bits per heavy atom. The molecule has 2 atom stereocenters. The molecule has 0 spiro atoms. The highest BCUT2D eigenvalue weighted by atomic mass is 16.6. The van der Waals surface area contributed by atoms with Crippen LogP contribution in [0.2, 0.25) is 0 Å². The van der Waals surface area contributed by atoms with Crippen molar-refractivity contribution in [1.82, 2.24) is 5.32 Å². The molecule has 0 aliphatic carbocycles. The Morgan fingerprint density at radius 3 is 2.48 bits per heavy atom. The first kappa shape index (κ1) is 14.6. The van der Waals surface area contributed by atoms with Gasteiger partial charge in [0.25, 0.3) is 0 Å². The molecule has 2 heterocycles. The molecular formula is C20H23NO2. The zero-order chi connectivity index (χ0) is 15.6. The van der Waals surface area contributed by atoms with Crippen molar-refractivity contribution in [3.63, 3.8) is 0 Å². The molecule has 0 saturated carbocycles. The van der Waals surface area contributed by atoms with Crippen LogP contribution in [-0.2, 0) is 6.42 Å². The maximum absolute atomic E-state index is 5.72. The minimum atomic E-state index is 0.444. The van der Waals surface area contributed by atoms with Gasteiger partial charge >= 0.3 is 0 Å². The predicted molar refractivity (Wildman–Crippen MR) is 91.4 cm³/mol. The van der Waals surface area contributed by atoms with E-state index < -0.39 is 0 Å². The van der Waals surface area contributed by atoms with E-state index in [-0.39, 0.29) is 0 Å². The first-order chi connectivity index (χ1) is 11.3. The van der Waals surface area contributed by atoms with Crippen LogP contribution < -0.4 is 14.8 Å². The Morgan fingerprint density at radius 1 is 0.957 bits per heavy atom. The first-order valence-electron chi connectivity index (χ1n) is 8.55. The van der Waals surface area contributed by atoms with Gasteiger partial charge in [-0.05, 0) is 47.6 Å². The van der Waals surface area contributed by atoms with E-state index in [1.54, 1.807) is 0 Å². The molecule has 0 amide bonds. The van der Waals surface area contributed by atoms with Crippen LogP contribution in [0.15, 0.2) is 42.5 Å². The summed E-state index contributed by atoms with van der Waals surface area (Å²) in [6.45, 7) is 4.50. The topological polar surface area (TPSA) is 30.5 Å². The fourth-order valence-corrected chi connectivity index (χ4v) is 3.54. The van der Waals surface area contributed by atoms with Gasteiger partial charge in [-0.15, -0.1) is 0 Å². The second-order valence-corrected chi connectivity index (χ2v) is 6.39. The summed E-state index contributed by atoms with van der Waals surface area (Å²) in [5.41, 5.74) is 4.13. The van der Waals surface area contributed by atoms with Crippen molar-refractivity contribution >= 4 is 0 Å². The third kappa shape index (κ3) is 2.93. The maximum atomic E-state index is 5.72. The van der Waals surface area contributed by atoms with Crippen LogP contribution in [0.4, 0.5) is 0 Å². The number of fused-ring (bicyclic) bond motifs is 1. The number of rotatable bonds is 3. The summed E-state index contributed by atoms with van der Waals surface area (Å²) in [5.74, 6) is 2.30. The lowest BCUT2D eigenvalue weighted by Crippen LogP contribution is -2.16. The van der Waals surface area contributed by atoms with E-state index >= 15 is 0 Å². The van der Waals surface area contributed by atoms with Crippen molar-refractivity contribution < 1.29 is 9.47 Å². The van der Waals surface area contributed by atoms with E-state index in [4.69, 9.17) is 9.47 Å². The molecule has 120 valence electrons. The summed E-state index contributed by atoms with van der Waals surface area (Å²) in [6, 6.07) is 15.9. The van der Waals surface area contributed by atoms with Crippen LogP contribution in [0.1, 0.15) is 42.0 Å². The summed E-state index contributed by atoms with van der Waals surface area (Å²) in [5, 5.41) is 3.67. The van der Waals surface area contributed by atoms with Crippen molar-refractivity contribution in [1.29, 1.82) is 0 Å². The van der Waals surface area contributed by atoms with E-state index in [9.17, 15) is 0 Å². The molecule has 2 aromatic carbocycles. The molecule has 2 aliphatic rings. The molecule has 4 rings (SSSR count). The molecule has 1 saturated heterocycles. The van der Waals surface area contributed by atoms with Crippen LogP contribution >= 0.6 is 0 Å². The highest BCUT2D eigenvalue weighted by molar-refractivity contribution is 5.45. The van der Waals surface area contributed by atoms with Gasteiger partial charge < -0.3 is 14.8 Å². The molecule has 1 fully saturated rings. The summed E-state index contributed by atoms with van der Waals surface area (Å²) >= 11 is 0. The number of ether oxygens (including phenoxy) is 2. The molecule has 3 heteroatoms. The predicted octanol–water partition coefficient (Wildman–Crippen LogP) is 3.84. The second kappa shape index (κ2) is 6.25. The Balaban J connectivity index is 1.49. The third-order valence-electron chi connectivity index (χ3n) is 4.96. The number of hydrogen-bond acceptors (Lipinski definition) is 3. The second-order valence-electron chi connectivity index (χ2n) is 6.39. The number of aryl methyl sites for hydroxylation is 1. The van der Waals surface area contributed by atoms with Crippen molar-refractivity contribution in [3.05, 3.63) is 59.2 Å². The largest absolute Gasteiger partial charge is 0.486 e. The van der Waals surface area contributed by atoms with Crippen LogP contribution in [0.25, 0.3) is 0 Å². The Hall–Kier alpha value is -2.00. The minimum absolute atomic E-state index is 0.444. The normalized spacial score (nSPS) is 23.0. The van der Waals surface area contributed by atoms with Gasteiger partial charge in [0.05, 0.1) is 0 Å². The Kier molecular flexibility index (Phi) is 3.96. The zero-order valence-corrected chi connectivity index (χ0v) is 13.5. The third-order valence-corrected chi connectivity index (χ3v) is 4.96. The Bertz CT molecular complexity index is 681. The molecule has 0 aromatic heterocycles. The molecule has 2 aliphatic heterocycles. The van der Waals surface area contributed by atoms with E-state index in [2.05, 4.69) is 48.6 Å². The number of benzene rings is 2. The molecule has 2 aromatic rings. The van der Waals surface area contributed by atoms with Gasteiger partial charge in [0.2, 0.25) is 0 Å². The van der Waals surface area contributed by atoms with Crippen LogP contribution in [0.5, 0.6) is 11.5 Å². The fourth-order valence-electron chi connectivity index (χ4n) is 3.54. The average Bonchev–Trinajstić information content (AvgIpc) is 3.11. The van der Waals surface area contributed by atoms with Gasteiger partial charge in [0.15, 0.2) is 11.5 Å². The van der Waals surface area contributed by atoms with Gasteiger partial charge in [-0.3, -0.25) is 0 Å². The van der Waals surface area contributed by atoms with Crippen LogP contribution in [-0.4, -0.2) is 19.8 Å². The summed E-state index contributed by atoms with van der Waals surface area (Å²) in [7, 11) is 0. The van der Waals surface area contributed by atoms with Crippen molar-refractivity contribution in [2.24, 2.45) is 0 Å². The molecule has 0 radical (unpaired) electrons. The van der Waals surface area contributed by atoms with Crippen LogP contribution in [0, 0.1) is 0 Å². The van der Waals surface area contributed by atoms with Gasteiger partial charge in [0.1, 0.15) is 13.2 Å². The lowest BCUT2D eigenvalue weighted by molar-refractivity contribution is 0.171. The minimum Gasteiger partial charge on any atom is -0.486 e. The van der Waals surface area contributed by atoms with E-state index in [0.717, 1.165) is 30.9 Å². The van der Waals surface area contributed by atoms with Crippen molar-refractivity contribution in [2.75, 3.05) is 19.8 Å². The van der Waals surface area contributed by atoms with Gasteiger partial charge in [-0.1, -0.05) is 37.3 Å². The van der Waals surface area contributed by atoms with Crippen molar-refractivity contribution in [3.8, 4) is 11.5 Å². The lowest BCUT2D eigenvalue weighted by Gasteiger charge is -2.20. The quantitative estimate of drug-likeness (QED) is 0.934. The van der Waals surface area contributed by atoms with Gasteiger partial charge in [-0.25, -0.2) is 0 Å². The fraction of sp³-hybridized carbons (Fsp3) is 0.400. The SMILES string of the molecule is CCc1ccc(C2CC(c3ccc4c(c3)OCCO4)CN2)cc1. The smallest absolute Gasteiger partial charge is 0.161 e. The lowest BCUT2D eigenvalue weighted by atomic mass is 9.93. The molecule has 1 N–H and O–H groups in total. The van der Waals surface area contributed by atoms with Gasteiger partial charge in [0, 0.05) is 12.6 Å². The highest BCUT2D eigenvalue weighted by Gasteiger charge is 2.27. The molecule has 2 unspecified atom stereocenters. The average molecular weight is 309 g/mol. The molecular weight excluding hydrogens is 286 g/mol. The van der Waals surface area contributed by atoms with E-state index in [1.165, 1.54) is 16.7 Å². The molecule has 0 bridgehead atoms. The Labute approximate surface area is 137 Å². The van der Waals surface area contributed by atoms with E-state index in [0.29, 0.717) is 25.2 Å². The highest BCUT2D eigenvalue weighted by Crippen LogP contribution is 2.38. The first-order valence-corrected chi connectivity index (χ1v) is 8.55. The van der Waals surface area contributed by atoms with Crippen molar-refractivity contribution in [2.45, 2.75) is 31.7 Å². The van der Waals surface area contributed by atoms with Gasteiger partial charge in [-0.2, -0.15) is 0 Å². The summed E-state index contributed by atoms with van der Waals surface area (Å²) < 4.78 is 11.3. The number of nitrogens with one attached hydrogen (secondary N) is 1. The molecule has 23 heavy (non-hydrogen) atoms.